The zero-order valence-electron chi connectivity index (χ0n) is 14.7. The van der Waals surface area contributed by atoms with Gasteiger partial charge in [-0.3, -0.25) is 0 Å². The molecule has 20 heavy (non-hydrogen) atoms. The maximum atomic E-state index is 5.80. The summed E-state index contributed by atoms with van der Waals surface area (Å²) in [6, 6.07) is 0. The molecule has 0 unspecified atom stereocenters. The van der Waals surface area contributed by atoms with Crippen LogP contribution in [0.25, 0.3) is 0 Å². The summed E-state index contributed by atoms with van der Waals surface area (Å²) in [5.41, 5.74) is 6.42. The number of unbranched alkanes of at least 4 members (excludes halogenated alkanes) is 6. The second-order valence-corrected chi connectivity index (χ2v) is 6.76. The van der Waals surface area contributed by atoms with Gasteiger partial charge in [-0.25, -0.2) is 0 Å². The van der Waals surface area contributed by atoms with Gasteiger partial charge in [-0.15, -0.1) is 0 Å². The van der Waals surface area contributed by atoms with Gasteiger partial charge in [0.25, 0.3) is 0 Å². The van der Waals surface area contributed by atoms with E-state index in [2.05, 4.69) is 20.8 Å². The minimum Gasteiger partial charge on any atom is -0.330 e. The Morgan fingerprint density at radius 3 is 1.20 bits per heavy atom. The molecule has 1 nitrogen and oxygen atoms in total. The van der Waals surface area contributed by atoms with Gasteiger partial charge in [0.05, 0.1) is 0 Å². The van der Waals surface area contributed by atoms with Crippen LogP contribution in [-0.4, -0.2) is 6.54 Å². The molecule has 0 aromatic rings. The van der Waals surface area contributed by atoms with E-state index in [9.17, 15) is 0 Å². The van der Waals surface area contributed by atoms with E-state index in [4.69, 9.17) is 5.73 Å². The third-order valence-corrected chi connectivity index (χ3v) is 4.84. The Bertz CT molecular complexity index is 162. The molecule has 0 saturated heterocycles. The number of nitrogens with two attached hydrogens (primary N) is 1. The van der Waals surface area contributed by atoms with Gasteiger partial charge in [0.15, 0.2) is 0 Å². The van der Waals surface area contributed by atoms with Gasteiger partial charge in [0.1, 0.15) is 0 Å². The Balaban J connectivity index is 4.48. The Morgan fingerprint density at radius 2 is 0.900 bits per heavy atom. The van der Waals surface area contributed by atoms with Crippen LogP contribution in [0.3, 0.4) is 0 Å². The Morgan fingerprint density at radius 1 is 0.550 bits per heavy atom. The van der Waals surface area contributed by atoms with Crippen LogP contribution in [0.5, 0.6) is 0 Å². The van der Waals surface area contributed by atoms with Crippen molar-refractivity contribution in [3.8, 4) is 0 Å². The second kappa shape index (κ2) is 13.9. The molecule has 0 aliphatic carbocycles. The second-order valence-electron chi connectivity index (χ2n) is 6.76. The number of hydrogen-bond donors (Lipinski definition) is 1. The summed E-state index contributed by atoms with van der Waals surface area (Å²) in [5.74, 6) is 0. The molecule has 0 rings (SSSR count). The Hall–Kier alpha value is -0.0400. The first-order valence-corrected chi connectivity index (χ1v) is 9.44. The normalized spacial score (nSPS) is 12.0. The first-order valence-electron chi connectivity index (χ1n) is 9.44. The minimum atomic E-state index is 0.624. The molecule has 0 spiro atoms. The molecule has 0 amide bonds. The molecule has 0 bridgehead atoms. The van der Waals surface area contributed by atoms with E-state index in [0.717, 1.165) is 6.54 Å². The molecule has 0 fully saturated rings. The molecular formula is C19H41N. The van der Waals surface area contributed by atoms with Crippen molar-refractivity contribution < 1.29 is 0 Å². The first-order chi connectivity index (χ1) is 9.74. The minimum absolute atomic E-state index is 0.624. The number of hydrogen-bond acceptors (Lipinski definition) is 1. The summed E-state index contributed by atoms with van der Waals surface area (Å²) in [7, 11) is 0. The Labute approximate surface area is 129 Å². The van der Waals surface area contributed by atoms with E-state index in [1.54, 1.807) is 0 Å². The van der Waals surface area contributed by atoms with Crippen LogP contribution in [0.2, 0.25) is 0 Å². The van der Waals surface area contributed by atoms with Gasteiger partial charge in [-0.1, -0.05) is 78.6 Å². The molecule has 122 valence electrons. The molecule has 0 heterocycles. The van der Waals surface area contributed by atoms with Crippen LogP contribution in [0, 0.1) is 5.41 Å². The van der Waals surface area contributed by atoms with Crippen LogP contribution < -0.4 is 5.73 Å². The summed E-state index contributed by atoms with van der Waals surface area (Å²) < 4.78 is 0. The van der Waals surface area contributed by atoms with Crippen LogP contribution in [0.1, 0.15) is 111 Å². The highest BCUT2D eigenvalue weighted by Crippen LogP contribution is 2.41. The van der Waals surface area contributed by atoms with E-state index in [1.165, 1.54) is 89.9 Å². The standard InChI is InChI=1S/C19H41N/c1-4-7-10-14-19(17-13-18-20,15-11-8-5-2)16-12-9-6-3/h4-18,20H2,1-3H3. The summed E-state index contributed by atoms with van der Waals surface area (Å²) in [6.45, 7) is 7.82. The average Bonchev–Trinajstić information content (AvgIpc) is 2.46. The third-order valence-electron chi connectivity index (χ3n) is 4.84. The summed E-state index contributed by atoms with van der Waals surface area (Å²) in [4.78, 5) is 0. The van der Waals surface area contributed by atoms with Gasteiger partial charge in [-0.2, -0.15) is 0 Å². The molecule has 0 aliphatic rings. The molecule has 0 saturated carbocycles. The predicted molar refractivity (Wildman–Crippen MR) is 93.1 cm³/mol. The van der Waals surface area contributed by atoms with E-state index in [-0.39, 0.29) is 0 Å². The van der Waals surface area contributed by atoms with Crippen molar-refractivity contribution in [2.45, 2.75) is 111 Å². The quantitative estimate of drug-likeness (QED) is 0.343. The molecule has 0 aromatic carbocycles. The highest BCUT2D eigenvalue weighted by molar-refractivity contribution is 4.80. The van der Waals surface area contributed by atoms with Gasteiger partial charge < -0.3 is 5.73 Å². The van der Waals surface area contributed by atoms with E-state index in [1.807, 2.05) is 0 Å². The molecule has 0 atom stereocenters. The van der Waals surface area contributed by atoms with Gasteiger partial charge >= 0.3 is 0 Å². The summed E-state index contributed by atoms with van der Waals surface area (Å²) in [5, 5.41) is 0. The average molecular weight is 284 g/mol. The molecule has 0 aliphatic heterocycles. The molecular weight excluding hydrogens is 242 g/mol. The fourth-order valence-electron chi connectivity index (χ4n) is 3.48. The van der Waals surface area contributed by atoms with Gasteiger partial charge in [-0.05, 0) is 44.1 Å². The first kappa shape index (κ1) is 20.0. The predicted octanol–water partition coefficient (Wildman–Crippen LogP) is 6.45. The lowest BCUT2D eigenvalue weighted by atomic mass is 9.71. The summed E-state index contributed by atoms with van der Waals surface area (Å²) in [6.07, 6.45) is 19.5. The molecule has 0 radical (unpaired) electrons. The summed E-state index contributed by atoms with van der Waals surface area (Å²) >= 11 is 0. The Kier molecular flexibility index (Phi) is 13.9. The molecule has 2 N–H and O–H groups in total. The lowest BCUT2D eigenvalue weighted by Gasteiger charge is -2.35. The van der Waals surface area contributed by atoms with Crippen LogP contribution in [0.4, 0.5) is 0 Å². The lowest BCUT2D eigenvalue weighted by molar-refractivity contribution is 0.176. The van der Waals surface area contributed by atoms with Crippen molar-refractivity contribution in [1.82, 2.24) is 0 Å². The van der Waals surface area contributed by atoms with Crippen LogP contribution in [-0.2, 0) is 0 Å². The van der Waals surface area contributed by atoms with Crippen molar-refractivity contribution in [3.05, 3.63) is 0 Å². The van der Waals surface area contributed by atoms with Crippen molar-refractivity contribution in [2.24, 2.45) is 11.1 Å². The third kappa shape index (κ3) is 9.80. The fourth-order valence-corrected chi connectivity index (χ4v) is 3.48. The highest BCUT2D eigenvalue weighted by Gasteiger charge is 2.27. The molecule has 0 aromatic heterocycles. The van der Waals surface area contributed by atoms with E-state index in [0.29, 0.717) is 5.41 Å². The number of rotatable bonds is 15. The smallest absolute Gasteiger partial charge is 0.00771 e. The van der Waals surface area contributed by atoms with Crippen molar-refractivity contribution in [2.75, 3.05) is 6.54 Å². The monoisotopic (exact) mass is 283 g/mol. The van der Waals surface area contributed by atoms with Crippen LogP contribution >= 0.6 is 0 Å². The van der Waals surface area contributed by atoms with Crippen molar-refractivity contribution in [1.29, 1.82) is 0 Å². The lowest BCUT2D eigenvalue weighted by Crippen LogP contribution is -2.22. The maximum absolute atomic E-state index is 5.80. The highest BCUT2D eigenvalue weighted by atomic mass is 14.5. The van der Waals surface area contributed by atoms with E-state index < -0.39 is 0 Å². The van der Waals surface area contributed by atoms with E-state index >= 15 is 0 Å². The fraction of sp³-hybridized carbons (Fsp3) is 1.00. The zero-order valence-corrected chi connectivity index (χ0v) is 14.7. The van der Waals surface area contributed by atoms with Gasteiger partial charge in [0, 0.05) is 0 Å². The maximum Gasteiger partial charge on any atom is -0.00771 e. The SMILES string of the molecule is CCCCCC(CCCN)(CCCCC)CCCCC. The van der Waals surface area contributed by atoms with Crippen LogP contribution in [0.15, 0.2) is 0 Å². The van der Waals surface area contributed by atoms with Crippen molar-refractivity contribution >= 4 is 0 Å². The molecule has 1 heteroatoms. The topological polar surface area (TPSA) is 26.0 Å². The largest absolute Gasteiger partial charge is 0.330 e. The zero-order chi connectivity index (χ0) is 15.1. The van der Waals surface area contributed by atoms with Gasteiger partial charge in [0.2, 0.25) is 0 Å². The van der Waals surface area contributed by atoms with Crippen molar-refractivity contribution in [3.63, 3.8) is 0 Å².